The normalized spacial score (nSPS) is 11.2. The Morgan fingerprint density at radius 1 is 1.03 bits per heavy atom. The first-order valence-electron chi connectivity index (χ1n) is 10.2. The standard InChI is InChI=1S/C24H25FN2O4S/c1-3-31-23-12-8-7-11-22(23)27(2)24(28)20-17-19(13-14-21(20)25)32(29,30)26-16-15-18-9-5-4-6-10-18/h4-14,17,26H,3,15-16H2,1-2H3. The van der Waals surface area contributed by atoms with E-state index in [1.165, 1.54) is 11.9 Å². The maximum atomic E-state index is 14.5. The number of sulfonamides is 1. The number of halogens is 1. The molecule has 0 fully saturated rings. The van der Waals surface area contributed by atoms with Gasteiger partial charge in [-0.05, 0) is 49.2 Å². The molecule has 0 aliphatic rings. The fourth-order valence-electron chi connectivity index (χ4n) is 3.20. The second kappa shape index (κ2) is 10.4. The van der Waals surface area contributed by atoms with E-state index in [2.05, 4.69) is 4.72 Å². The fraction of sp³-hybridized carbons (Fsp3) is 0.208. The second-order valence-corrected chi connectivity index (χ2v) is 8.81. The number of hydrogen-bond donors (Lipinski definition) is 1. The lowest BCUT2D eigenvalue weighted by Crippen LogP contribution is -2.29. The van der Waals surface area contributed by atoms with Crippen LogP contribution in [0.1, 0.15) is 22.8 Å². The molecule has 1 N–H and O–H groups in total. The molecule has 0 unspecified atom stereocenters. The Morgan fingerprint density at radius 2 is 1.72 bits per heavy atom. The number of rotatable bonds is 9. The van der Waals surface area contributed by atoms with Gasteiger partial charge in [-0.1, -0.05) is 42.5 Å². The number of nitrogens with one attached hydrogen (secondary N) is 1. The Morgan fingerprint density at radius 3 is 2.44 bits per heavy atom. The van der Waals surface area contributed by atoms with Crippen molar-refractivity contribution in [2.75, 3.05) is 25.1 Å². The number of hydrogen-bond acceptors (Lipinski definition) is 4. The third-order valence-electron chi connectivity index (χ3n) is 4.86. The summed E-state index contributed by atoms with van der Waals surface area (Å²) in [6, 6.07) is 19.5. The molecule has 0 atom stereocenters. The van der Waals surface area contributed by atoms with Crippen LogP contribution in [0.3, 0.4) is 0 Å². The van der Waals surface area contributed by atoms with Crippen molar-refractivity contribution in [3.63, 3.8) is 0 Å². The number of carbonyl (C=O) groups excluding carboxylic acids is 1. The Bertz CT molecular complexity index is 1180. The predicted molar refractivity (Wildman–Crippen MR) is 122 cm³/mol. The minimum Gasteiger partial charge on any atom is -0.492 e. The van der Waals surface area contributed by atoms with E-state index in [-0.39, 0.29) is 17.0 Å². The molecule has 168 valence electrons. The number of para-hydroxylation sites is 2. The Labute approximate surface area is 187 Å². The Balaban J connectivity index is 1.81. The number of ether oxygens (including phenoxy) is 1. The molecule has 3 rings (SSSR count). The SMILES string of the molecule is CCOc1ccccc1N(C)C(=O)c1cc(S(=O)(=O)NCCc2ccccc2)ccc1F. The number of benzene rings is 3. The van der Waals surface area contributed by atoms with E-state index in [0.29, 0.717) is 24.5 Å². The molecule has 0 heterocycles. The molecule has 0 radical (unpaired) electrons. The highest BCUT2D eigenvalue weighted by Gasteiger charge is 2.23. The molecule has 0 aliphatic carbocycles. The molecule has 0 saturated carbocycles. The van der Waals surface area contributed by atoms with E-state index in [4.69, 9.17) is 4.74 Å². The lowest BCUT2D eigenvalue weighted by atomic mass is 10.1. The Hall–Kier alpha value is -3.23. The third kappa shape index (κ3) is 5.52. The molecule has 8 heteroatoms. The van der Waals surface area contributed by atoms with Crippen LogP contribution < -0.4 is 14.4 Å². The van der Waals surface area contributed by atoms with Gasteiger partial charge in [-0.25, -0.2) is 17.5 Å². The van der Waals surface area contributed by atoms with Crippen LogP contribution in [0.5, 0.6) is 5.75 Å². The summed E-state index contributed by atoms with van der Waals surface area (Å²) in [5, 5.41) is 0. The minimum atomic E-state index is -3.92. The van der Waals surface area contributed by atoms with Crippen LogP contribution in [0.4, 0.5) is 10.1 Å². The third-order valence-corrected chi connectivity index (χ3v) is 6.32. The predicted octanol–water partition coefficient (Wildman–Crippen LogP) is 4.02. The minimum absolute atomic E-state index is 0.175. The van der Waals surface area contributed by atoms with Gasteiger partial charge in [0.25, 0.3) is 5.91 Å². The van der Waals surface area contributed by atoms with E-state index < -0.39 is 21.7 Å². The fourth-order valence-corrected chi connectivity index (χ4v) is 4.25. The molecule has 6 nitrogen and oxygen atoms in total. The van der Waals surface area contributed by atoms with Gasteiger partial charge in [-0.2, -0.15) is 0 Å². The summed E-state index contributed by atoms with van der Waals surface area (Å²) in [5.41, 5.74) is 1.09. The lowest BCUT2D eigenvalue weighted by molar-refractivity contribution is 0.0988. The van der Waals surface area contributed by atoms with E-state index in [1.54, 1.807) is 24.3 Å². The van der Waals surface area contributed by atoms with Crippen LogP contribution in [0.15, 0.2) is 77.7 Å². The zero-order valence-electron chi connectivity index (χ0n) is 17.9. The molecule has 0 aromatic heterocycles. The van der Waals surface area contributed by atoms with Crippen LogP contribution in [0, 0.1) is 5.82 Å². The molecule has 0 spiro atoms. The maximum Gasteiger partial charge on any atom is 0.261 e. The van der Waals surface area contributed by atoms with Gasteiger partial charge in [-0.15, -0.1) is 0 Å². The first kappa shape index (κ1) is 23.4. The van der Waals surface area contributed by atoms with Crippen molar-refractivity contribution < 1.29 is 22.3 Å². The van der Waals surface area contributed by atoms with Crippen LogP contribution >= 0.6 is 0 Å². The van der Waals surface area contributed by atoms with Crippen molar-refractivity contribution in [1.82, 2.24) is 4.72 Å². The average Bonchev–Trinajstić information content (AvgIpc) is 2.79. The summed E-state index contributed by atoms with van der Waals surface area (Å²) in [5.74, 6) is -1.02. The van der Waals surface area contributed by atoms with Crippen LogP contribution in [0.25, 0.3) is 0 Å². The van der Waals surface area contributed by atoms with Crippen molar-refractivity contribution in [2.24, 2.45) is 0 Å². The highest BCUT2D eigenvalue weighted by molar-refractivity contribution is 7.89. The smallest absolute Gasteiger partial charge is 0.261 e. The largest absolute Gasteiger partial charge is 0.492 e. The molecule has 32 heavy (non-hydrogen) atoms. The van der Waals surface area contributed by atoms with Crippen molar-refractivity contribution in [3.05, 3.63) is 89.7 Å². The zero-order chi connectivity index (χ0) is 23.1. The number of nitrogens with zero attached hydrogens (tertiary/aromatic N) is 1. The number of carbonyl (C=O) groups is 1. The van der Waals surface area contributed by atoms with Crippen molar-refractivity contribution in [2.45, 2.75) is 18.2 Å². The maximum absolute atomic E-state index is 14.5. The topological polar surface area (TPSA) is 75.7 Å². The van der Waals surface area contributed by atoms with Gasteiger partial charge >= 0.3 is 0 Å². The number of anilines is 1. The molecule has 1 amide bonds. The summed E-state index contributed by atoms with van der Waals surface area (Å²) in [4.78, 5) is 14.1. The first-order valence-corrected chi connectivity index (χ1v) is 11.6. The van der Waals surface area contributed by atoms with Gasteiger partial charge in [0.15, 0.2) is 0 Å². The van der Waals surface area contributed by atoms with Gasteiger partial charge in [0.2, 0.25) is 10.0 Å². The van der Waals surface area contributed by atoms with Gasteiger partial charge in [0.1, 0.15) is 11.6 Å². The van der Waals surface area contributed by atoms with Gasteiger partial charge in [0.05, 0.1) is 22.8 Å². The van der Waals surface area contributed by atoms with Crippen LogP contribution in [-0.4, -0.2) is 34.5 Å². The first-order chi connectivity index (χ1) is 15.3. The van der Waals surface area contributed by atoms with E-state index in [1.807, 2.05) is 37.3 Å². The van der Waals surface area contributed by atoms with Gasteiger partial charge < -0.3 is 9.64 Å². The highest BCUT2D eigenvalue weighted by atomic mass is 32.2. The zero-order valence-corrected chi connectivity index (χ0v) is 18.7. The van der Waals surface area contributed by atoms with E-state index in [0.717, 1.165) is 23.8 Å². The van der Waals surface area contributed by atoms with Crippen LogP contribution in [0.2, 0.25) is 0 Å². The lowest BCUT2D eigenvalue weighted by Gasteiger charge is -2.21. The molecule has 0 saturated heterocycles. The monoisotopic (exact) mass is 456 g/mol. The summed E-state index contributed by atoms with van der Waals surface area (Å²) in [7, 11) is -2.44. The van der Waals surface area contributed by atoms with Crippen molar-refractivity contribution >= 4 is 21.6 Å². The second-order valence-electron chi connectivity index (χ2n) is 7.04. The van der Waals surface area contributed by atoms with Crippen molar-refractivity contribution in [1.29, 1.82) is 0 Å². The summed E-state index contributed by atoms with van der Waals surface area (Å²) in [6.45, 7) is 2.39. The molecular formula is C24H25FN2O4S. The van der Waals surface area contributed by atoms with Gasteiger partial charge in [0, 0.05) is 13.6 Å². The van der Waals surface area contributed by atoms with E-state index >= 15 is 0 Å². The Kier molecular flexibility index (Phi) is 7.61. The summed E-state index contributed by atoms with van der Waals surface area (Å²) < 4.78 is 48.0. The summed E-state index contributed by atoms with van der Waals surface area (Å²) >= 11 is 0. The molecule has 0 aliphatic heterocycles. The molecule has 0 bridgehead atoms. The summed E-state index contributed by atoms with van der Waals surface area (Å²) in [6.07, 6.45) is 0.504. The number of amides is 1. The van der Waals surface area contributed by atoms with Crippen molar-refractivity contribution in [3.8, 4) is 5.75 Å². The van der Waals surface area contributed by atoms with E-state index in [9.17, 15) is 17.6 Å². The van der Waals surface area contributed by atoms with Crippen LogP contribution in [-0.2, 0) is 16.4 Å². The molecule has 3 aromatic carbocycles. The highest BCUT2D eigenvalue weighted by Crippen LogP contribution is 2.29. The average molecular weight is 457 g/mol. The molecule has 3 aromatic rings. The molecular weight excluding hydrogens is 431 g/mol. The quantitative estimate of drug-likeness (QED) is 0.528. The van der Waals surface area contributed by atoms with Gasteiger partial charge in [-0.3, -0.25) is 4.79 Å².